The summed E-state index contributed by atoms with van der Waals surface area (Å²) in [5, 5.41) is 0. The molecule has 2 aromatic rings. The predicted octanol–water partition coefficient (Wildman–Crippen LogP) is 8.03. The second-order valence-electron chi connectivity index (χ2n) is 10.0. The summed E-state index contributed by atoms with van der Waals surface area (Å²) >= 11 is 0. The number of halogens is 3. The first-order valence-electron chi connectivity index (χ1n) is 11.3. The van der Waals surface area contributed by atoms with Crippen molar-refractivity contribution < 1.29 is 13.2 Å². The van der Waals surface area contributed by atoms with E-state index in [1.165, 1.54) is 11.1 Å². The van der Waals surface area contributed by atoms with Crippen LogP contribution in [0.15, 0.2) is 48.5 Å². The Morgan fingerprint density at radius 1 is 0.667 bits per heavy atom. The molecule has 0 unspecified atom stereocenters. The third-order valence-corrected chi connectivity index (χ3v) is 6.18. The smallest absolute Gasteiger partial charge is 0.239 e. The monoisotopic (exact) mass is 416 g/mol. The molecule has 30 heavy (non-hydrogen) atoms. The fourth-order valence-electron chi connectivity index (χ4n) is 4.02. The maximum atomic E-state index is 13.6. The minimum atomic E-state index is -2.22. The van der Waals surface area contributed by atoms with Gasteiger partial charge < -0.3 is 0 Å². The van der Waals surface area contributed by atoms with Crippen LogP contribution < -0.4 is 0 Å². The lowest BCUT2D eigenvalue weighted by atomic mass is 9.94. The maximum absolute atomic E-state index is 13.6. The zero-order valence-electron chi connectivity index (χ0n) is 18.7. The molecule has 0 aliphatic heterocycles. The van der Waals surface area contributed by atoms with E-state index in [0.29, 0.717) is 37.5 Å². The van der Waals surface area contributed by atoms with Crippen LogP contribution in [0.3, 0.4) is 0 Å². The summed E-state index contributed by atoms with van der Waals surface area (Å²) in [5.41, 5.74) is 2.45. The van der Waals surface area contributed by atoms with E-state index < -0.39 is 17.5 Å². The molecule has 0 nitrogen and oxygen atoms in total. The molecule has 0 bridgehead atoms. The van der Waals surface area contributed by atoms with E-state index in [4.69, 9.17) is 0 Å². The molecule has 2 fully saturated rings. The molecule has 0 N–H and O–H groups in total. The normalized spacial score (nSPS) is 18.3. The maximum Gasteiger partial charge on any atom is 0.248 e. The van der Waals surface area contributed by atoms with Crippen molar-refractivity contribution in [2.45, 2.75) is 83.7 Å². The molecule has 2 aliphatic carbocycles. The Labute approximate surface area is 179 Å². The first-order chi connectivity index (χ1) is 14.1. The van der Waals surface area contributed by atoms with E-state index in [9.17, 15) is 13.2 Å². The van der Waals surface area contributed by atoms with Crippen molar-refractivity contribution in [3.8, 4) is 0 Å². The summed E-state index contributed by atoms with van der Waals surface area (Å²) in [6.45, 7) is 8.72. The van der Waals surface area contributed by atoms with Crippen molar-refractivity contribution in [2.24, 2.45) is 11.8 Å². The van der Waals surface area contributed by atoms with E-state index in [1.807, 2.05) is 36.4 Å². The molecule has 0 amide bonds. The van der Waals surface area contributed by atoms with Gasteiger partial charge in [-0.05, 0) is 72.6 Å². The van der Waals surface area contributed by atoms with E-state index in [1.54, 1.807) is 0 Å². The molecule has 3 heteroatoms. The van der Waals surface area contributed by atoms with Crippen LogP contribution in [0.1, 0.15) is 75.6 Å². The summed E-state index contributed by atoms with van der Waals surface area (Å²) in [6.07, 6.45) is 2.56. The van der Waals surface area contributed by atoms with E-state index >= 15 is 0 Å². The standard InChI is InChI=1S/C14H18F2.C13H17F/c1-10(2)9-11-3-5-12(6-4-11)14(7-8-14)13(15)16;1-10(2)9-11-3-5-12(6-4-11)13(14)7-8-13/h3-6,10,13H,7-9H2,1-2H3;3-6,10H,7-9H2,1-2H3. The zero-order valence-corrected chi connectivity index (χ0v) is 18.7. The second-order valence-corrected chi connectivity index (χ2v) is 10.0. The molecule has 0 radical (unpaired) electrons. The van der Waals surface area contributed by atoms with Gasteiger partial charge in [-0.1, -0.05) is 76.2 Å². The van der Waals surface area contributed by atoms with Gasteiger partial charge in [-0.25, -0.2) is 13.2 Å². The highest BCUT2D eigenvalue weighted by molar-refractivity contribution is 5.35. The van der Waals surface area contributed by atoms with Gasteiger partial charge in [0.05, 0.1) is 5.41 Å². The molecule has 0 spiro atoms. The molecule has 2 aromatic carbocycles. The number of alkyl halides is 3. The number of hydrogen-bond acceptors (Lipinski definition) is 0. The fraction of sp³-hybridized carbons (Fsp3) is 0.556. The minimum Gasteiger partial charge on any atom is -0.239 e. The lowest BCUT2D eigenvalue weighted by Crippen LogP contribution is -2.17. The van der Waals surface area contributed by atoms with Crippen molar-refractivity contribution in [2.75, 3.05) is 0 Å². The summed E-state index contributed by atoms with van der Waals surface area (Å²) < 4.78 is 39.4. The van der Waals surface area contributed by atoms with Crippen molar-refractivity contribution in [3.63, 3.8) is 0 Å². The van der Waals surface area contributed by atoms with Crippen LogP contribution in [0, 0.1) is 11.8 Å². The van der Waals surface area contributed by atoms with Gasteiger partial charge in [0.15, 0.2) is 0 Å². The van der Waals surface area contributed by atoms with Gasteiger partial charge in [-0.15, -0.1) is 0 Å². The Hall–Kier alpha value is -1.77. The van der Waals surface area contributed by atoms with Gasteiger partial charge in [-0.3, -0.25) is 0 Å². The van der Waals surface area contributed by atoms with Crippen LogP contribution in [0.5, 0.6) is 0 Å². The molecular weight excluding hydrogens is 381 g/mol. The van der Waals surface area contributed by atoms with Crippen LogP contribution in [0.2, 0.25) is 0 Å². The average molecular weight is 417 g/mol. The van der Waals surface area contributed by atoms with Crippen LogP contribution >= 0.6 is 0 Å². The minimum absolute atomic E-state index is 0.607. The van der Waals surface area contributed by atoms with Crippen molar-refractivity contribution >= 4 is 0 Å². The average Bonchev–Trinajstić information content (AvgIpc) is 3.59. The van der Waals surface area contributed by atoms with Crippen molar-refractivity contribution in [1.82, 2.24) is 0 Å². The van der Waals surface area contributed by atoms with E-state index in [-0.39, 0.29) is 0 Å². The number of hydrogen-bond donors (Lipinski definition) is 0. The van der Waals surface area contributed by atoms with Gasteiger partial charge >= 0.3 is 0 Å². The summed E-state index contributed by atoms with van der Waals surface area (Å²) in [6, 6.07) is 15.8. The summed E-state index contributed by atoms with van der Waals surface area (Å²) in [4.78, 5) is 0. The zero-order chi connectivity index (χ0) is 21.9. The molecule has 164 valence electrons. The lowest BCUT2D eigenvalue weighted by molar-refractivity contribution is 0.102. The third kappa shape index (κ3) is 5.68. The Bertz CT molecular complexity index is 795. The Morgan fingerprint density at radius 3 is 1.37 bits per heavy atom. The number of benzene rings is 2. The van der Waals surface area contributed by atoms with Crippen LogP contribution in [0.25, 0.3) is 0 Å². The van der Waals surface area contributed by atoms with Gasteiger partial charge in [0, 0.05) is 0 Å². The van der Waals surface area contributed by atoms with Crippen molar-refractivity contribution in [1.29, 1.82) is 0 Å². The first kappa shape index (κ1) is 22.9. The third-order valence-electron chi connectivity index (χ3n) is 6.18. The van der Waals surface area contributed by atoms with Crippen LogP contribution in [0.4, 0.5) is 13.2 Å². The quantitative estimate of drug-likeness (QED) is 0.428. The highest BCUT2D eigenvalue weighted by atomic mass is 19.3. The highest BCUT2D eigenvalue weighted by Crippen LogP contribution is 2.52. The molecule has 2 aliphatic rings. The molecule has 0 saturated heterocycles. The Kier molecular flexibility index (Phi) is 6.99. The lowest BCUT2D eigenvalue weighted by Gasteiger charge is -2.15. The topological polar surface area (TPSA) is 0 Å². The molecule has 0 heterocycles. The van der Waals surface area contributed by atoms with Gasteiger partial charge in [0.25, 0.3) is 0 Å². The van der Waals surface area contributed by atoms with E-state index in [2.05, 4.69) is 39.8 Å². The van der Waals surface area contributed by atoms with Crippen LogP contribution in [-0.2, 0) is 23.9 Å². The molecule has 0 atom stereocenters. The van der Waals surface area contributed by atoms with Gasteiger partial charge in [0.1, 0.15) is 5.67 Å². The predicted molar refractivity (Wildman–Crippen MR) is 119 cm³/mol. The Morgan fingerprint density at radius 2 is 1.07 bits per heavy atom. The molecule has 0 aromatic heterocycles. The fourth-order valence-corrected chi connectivity index (χ4v) is 4.02. The highest BCUT2D eigenvalue weighted by Gasteiger charge is 2.52. The van der Waals surface area contributed by atoms with Gasteiger partial charge in [0.2, 0.25) is 6.43 Å². The first-order valence-corrected chi connectivity index (χ1v) is 11.3. The van der Waals surface area contributed by atoms with Crippen LogP contribution in [-0.4, -0.2) is 6.43 Å². The Balaban J connectivity index is 0.000000172. The summed E-state index contributed by atoms with van der Waals surface area (Å²) in [5.74, 6) is 1.27. The van der Waals surface area contributed by atoms with E-state index in [0.717, 1.165) is 24.0 Å². The second kappa shape index (κ2) is 9.16. The van der Waals surface area contributed by atoms with Gasteiger partial charge in [-0.2, -0.15) is 0 Å². The SMILES string of the molecule is CC(C)Cc1ccc(C2(C(F)F)CC2)cc1.CC(C)Cc1ccc(C2(F)CC2)cc1. The van der Waals surface area contributed by atoms with Crippen molar-refractivity contribution in [3.05, 3.63) is 70.8 Å². The molecule has 4 rings (SSSR count). The molecule has 2 saturated carbocycles. The summed E-state index contributed by atoms with van der Waals surface area (Å²) in [7, 11) is 0. The number of rotatable bonds is 7. The largest absolute Gasteiger partial charge is 0.248 e. The molecular formula is C27H35F3.